The van der Waals surface area contributed by atoms with Crippen molar-refractivity contribution < 1.29 is 19.0 Å². The van der Waals surface area contributed by atoms with Crippen molar-refractivity contribution >= 4 is 46.6 Å². The van der Waals surface area contributed by atoms with Gasteiger partial charge in [-0.15, -0.1) is 0 Å². The van der Waals surface area contributed by atoms with Gasteiger partial charge in [0, 0.05) is 0 Å². The Hall–Kier alpha value is -3.85. The van der Waals surface area contributed by atoms with Gasteiger partial charge < -0.3 is 14.2 Å². The zero-order valence-electron chi connectivity index (χ0n) is 24.1. The van der Waals surface area contributed by atoms with E-state index in [1.807, 2.05) is 62.4 Å². The van der Waals surface area contributed by atoms with Crippen molar-refractivity contribution in [2.75, 3.05) is 13.2 Å². The molecule has 0 amide bonds. The topological polar surface area (TPSA) is 79.1 Å². The Kier molecular flexibility index (Phi) is 9.40. The van der Waals surface area contributed by atoms with Crippen LogP contribution < -0.4 is 24.4 Å². The van der Waals surface area contributed by atoms with Crippen LogP contribution >= 0.6 is 34.5 Å². The average Bonchev–Trinajstić information content (AvgIpc) is 3.28. The number of hydrogen-bond acceptors (Lipinski definition) is 7. The van der Waals surface area contributed by atoms with Gasteiger partial charge in [0.25, 0.3) is 5.56 Å². The number of nitrogens with zero attached hydrogens (tertiary/aromatic N) is 2. The van der Waals surface area contributed by atoms with E-state index in [0.717, 1.165) is 22.3 Å². The van der Waals surface area contributed by atoms with Gasteiger partial charge in [0.15, 0.2) is 16.3 Å². The van der Waals surface area contributed by atoms with Gasteiger partial charge in [-0.3, -0.25) is 9.36 Å². The highest BCUT2D eigenvalue weighted by Crippen LogP contribution is 2.32. The molecule has 7 nitrogen and oxygen atoms in total. The second-order valence-corrected chi connectivity index (χ2v) is 11.7. The molecule has 0 spiro atoms. The lowest BCUT2D eigenvalue weighted by Crippen LogP contribution is -2.39. The number of halogens is 2. The summed E-state index contributed by atoms with van der Waals surface area (Å²) in [4.78, 5) is 32.2. The van der Waals surface area contributed by atoms with Crippen LogP contribution in [0, 0.1) is 6.92 Å². The smallest absolute Gasteiger partial charge is 0.338 e. The summed E-state index contributed by atoms with van der Waals surface area (Å²) in [6.45, 7) is 8.33. The molecule has 0 N–H and O–H groups in total. The van der Waals surface area contributed by atoms with E-state index < -0.39 is 12.0 Å². The summed E-state index contributed by atoms with van der Waals surface area (Å²) in [6.07, 6.45) is 1.80. The van der Waals surface area contributed by atoms with Crippen molar-refractivity contribution in [3.05, 3.63) is 124 Å². The Morgan fingerprint density at radius 1 is 0.953 bits per heavy atom. The third kappa shape index (κ3) is 6.56. The largest absolute Gasteiger partial charge is 0.490 e. The van der Waals surface area contributed by atoms with Gasteiger partial charge in [-0.2, -0.15) is 0 Å². The Morgan fingerprint density at radius 2 is 1.72 bits per heavy atom. The molecule has 0 bridgehead atoms. The molecule has 0 unspecified atom stereocenters. The van der Waals surface area contributed by atoms with E-state index in [4.69, 9.17) is 37.4 Å². The predicted octanol–water partition coefficient (Wildman–Crippen LogP) is 6.39. The molecule has 0 aliphatic carbocycles. The van der Waals surface area contributed by atoms with Crippen LogP contribution in [0.3, 0.4) is 0 Å². The Labute approximate surface area is 263 Å². The second kappa shape index (κ2) is 13.2. The van der Waals surface area contributed by atoms with E-state index in [9.17, 15) is 9.59 Å². The first-order valence-corrected chi connectivity index (χ1v) is 15.4. The molecule has 1 atom stereocenters. The maximum absolute atomic E-state index is 13.9. The van der Waals surface area contributed by atoms with Gasteiger partial charge in [0.1, 0.15) is 6.61 Å². The third-order valence-electron chi connectivity index (χ3n) is 6.85. The van der Waals surface area contributed by atoms with Crippen molar-refractivity contribution in [3.63, 3.8) is 0 Å². The van der Waals surface area contributed by atoms with Crippen molar-refractivity contribution in [1.82, 2.24) is 4.57 Å². The number of hydrogen-bond donors (Lipinski definition) is 0. The number of fused-ring (bicyclic) bond motifs is 1. The summed E-state index contributed by atoms with van der Waals surface area (Å²) >= 11 is 13.4. The Bertz CT molecular complexity index is 1890. The lowest BCUT2D eigenvalue weighted by molar-refractivity contribution is -0.139. The van der Waals surface area contributed by atoms with Crippen molar-refractivity contribution in [1.29, 1.82) is 0 Å². The van der Waals surface area contributed by atoms with Gasteiger partial charge in [-0.25, -0.2) is 9.79 Å². The van der Waals surface area contributed by atoms with Gasteiger partial charge in [-0.1, -0.05) is 76.5 Å². The molecular formula is C33H30Cl2N2O5S. The number of aromatic nitrogens is 1. The Morgan fingerprint density at radius 3 is 2.42 bits per heavy atom. The fourth-order valence-corrected chi connectivity index (χ4v) is 6.17. The standard InChI is InChI=1S/C33H30Cl2N2O5S/c1-5-40-27-16-21(10-14-26(27)42-18-22-9-13-24(34)25(35)15-22)17-28-31(38)37-30(23-11-7-19(3)8-12-23)29(32(39)41-6-2)20(4)36-33(37)43-28/h7-17,30H,5-6,18H2,1-4H3/b28-17+/t30-/m0/s1. The molecule has 0 radical (unpaired) electrons. The van der Waals surface area contributed by atoms with Crippen LogP contribution in [0.5, 0.6) is 11.5 Å². The summed E-state index contributed by atoms with van der Waals surface area (Å²) in [6, 6.07) is 18.0. The molecule has 3 aromatic carbocycles. The number of aryl methyl sites for hydroxylation is 1. The lowest BCUT2D eigenvalue weighted by Gasteiger charge is -2.24. The number of thiazole rings is 1. The Balaban J connectivity index is 1.54. The molecule has 1 aromatic heterocycles. The highest BCUT2D eigenvalue weighted by atomic mass is 35.5. The number of carbonyl (C=O) groups is 1. The zero-order chi connectivity index (χ0) is 30.7. The van der Waals surface area contributed by atoms with E-state index >= 15 is 0 Å². The van der Waals surface area contributed by atoms with Crippen molar-refractivity contribution in [3.8, 4) is 11.5 Å². The number of allylic oxidation sites excluding steroid dienone is 1. The maximum Gasteiger partial charge on any atom is 0.338 e. The number of esters is 1. The highest BCUT2D eigenvalue weighted by Gasteiger charge is 2.33. The van der Waals surface area contributed by atoms with Gasteiger partial charge in [0.2, 0.25) is 0 Å². The van der Waals surface area contributed by atoms with Crippen LogP contribution in [-0.4, -0.2) is 23.8 Å². The van der Waals surface area contributed by atoms with E-state index in [0.29, 0.717) is 48.8 Å². The van der Waals surface area contributed by atoms with E-state index in [-0.39, 0.29) is 18.8 Å². The summed E-state index contributed by atoms with van der Waals surface area (Å²) in [5, 5.41) is 0.936. The normalized spacial score (nSPS) is 14.7. The number of carbonyl (C=O) groups excluding carboxylic acids is 1. The number of benzene rings is 3. The van der Waals surface area contributed by atoms with Crippen LogP contribution in [0.15, 0.2) is 81.7 Å². The lowest BCUT2D eigenvalue weighted by atomic mass is 9.95. The van der Waals surface area contributed by atoms with Crippen LogP contribution in [0.1, 0.15) is 49.1 Å². The minimum absolute atomic E-state index is 0.218. The molecule has 0 saturated carbocycles. The highest BCUT2D eigenvalue weighted by molar-refractivity contribution is 7.07. The second-order valence-electron chi connectivity index (χ2n) is 9.89. The molecular weight excluding hydrogens is 607 g/mol. The van der Waals surface area contributed by atoms with Gasteiger partial charge in [-0.05, 0) is 74.7 Å². The molecule has 2 heterocycles. The van der Waals surface area contributed by atoms with Gasteiger partial charge in [0.05, 0.1) is 45.1 Å². The summed E-state index contributed by atoms with van der Waals surface area (Å²) in [5.74, 6) is 0.615. The monoisotopic (exact) mass is 636 g/mol. The molecule has 10 heteroatoms. The molecule has 5 rings (SSSR count). The van der Waals surface area contributed by atoms with Crippen LogP contribution in [0.25, 0.3) is 6.08 Å². The first kappa shape index (κ1) is 30.6. The molecule has 1 aliphatic heterocycles. The molecule has 4 aromatic rings. The van der Waals surface area contributed by atoms with E-state index in [1.54, 1.807) is 36.6 Å². The zero-order valence-corrected chi connectivity index (χ0v) is 26.5. The average molecular weight is 638 g/mol. The van der Waals surface area contributed by atoms with Crippen LogP contribution in [0.2, 0.25) is 10.0 Å². The molecule has 222 valence electrons. The third-order valence-corrected chi connectivity index (χ3v) is 8.58. The summed E-state index contributed by atoms with van der Waals surface area (Å²) in [5.41, 5.74) is 4.13. The van der Waals surface area contributed by atoms with Crippen molar-refractivity contribution in [2.45, 2.75) is 40.3 Å². The number of rotatable bonds is 9. The summed E-state index contributed by atoms with van der Waals surface area (Å²) in [7, 11) is 0. The fourth-order valence-electron chi connectivity index (χ4n) is 4.80. The first-order chi connectivity index (χ1) is 20.7. The predicted molar refractivity (Wildman–Crippen MR) is 170 cm³/mol. The summed E-state index contributed by atoms with van der Waals surface area (Å²) < 4.78 is 19.3. The van der Waals surface area contributed by atoms with Gasteiger partial charge >= 0.3 is 5.97 Å². The minimum Gasteiger partial charge on any atom is -0.490 e. The number of ether oxygens (including phenoxy) is 3. The molecule has 0 saturated heterocycles. The molecule has 0 fully saturated rings. The van der Waals surface area contributed by atoms with E-state index in [1.165, 1.54) is 11.3 Å². The first-order valence-electron chi connectivity index (χ1n) is 13.8. The molecule has 43 heavy (non-hydrogen) atoms. The maximum atomic E-state index is 13.9. The van der Waals surface area contributed by atoms with Crippen molar-refractivity contribution in [2.24, 2.45) is 4.99 Å². The van der Waals surface area contributed by atoms with E-state index in [2.05, 4.69) is 4.99 Å². The fraction of sp³-hybridized carbons (Fsp3) is 0.242. The quantitative estimate of drug-likeness (QED) is 0.199. The van der Waals surface area contributed by atoms with Crippen LogP contribution in [0.4, 0.5) is 0 Å². The SMILES string of the molecule is CCOC(=O)C1=C(C)N=c2s/c(=C/c3ccc(OCc4ccc(Cl)c(Cl)c4)c(OCC)c3)c(=O)n2[C@H]1c1ccc(C)cc1. The van der Waals surface area contributed by atoms with Crippen LogP contribution in [-0.2, 0) is 16.1 Å². The minimum atomic E-state index is -0.658. The molecule has 1 aliphatic rings.